The largest absolute Gasteiger partial charge is 0.485 e. The van der Waals surface area contributed by atoms with E-state index in [1.54, 1.807) is 18.0 Å². The number of aromatic nitrogens is 1. The van der Waals surface area contributed by atoms with Crippen LogP contribution in [0.15, 0.2) is 18.3 Å². The van der Waals surface area contributed by atoms with Crippen LogP contribution < -0.4 is 9.64 Å². The summed E-state index contributed by atoms with van der Waals surface area (Å²) < 4.78 is 6.11. The van der Waals surface area contributed by atoms with Crippen LogP contribution in [0.1, 0.15) is 19.8 Å². The smallest absolute Gasteiger partial charge is 0.227 e. The Bertz CT molecular complexity index is 649. The molecule has 0 radical (unpaired) electrons. The van der Waals surface area contributed by atoms with Gasteiger partial charge in [0.25, 0.3) is 0 Å². The van der Waals surface area contributed by atoms with Crippen LogP contribution in [0.5, 0.6) is 5.75 Å². The average Bonchev–Trinajstić information content (AvgIpc) is 3.24. The number of carbonyl (C=O) groups is 2. The molecule has 0 N–H and O–H groups in total. The topological polar surface area (TPSA) is 66.0 Å². The third-order valence-electron chi connectivity index (χ3n) is 4.91. The number of likely N-dealkylation sites (tertiary alicyclic amines) is 2. The molecular weight excluding hydrogens is 320 g/mol. The maximum absolute atomic E-state index is 12.7. The van der Waals surface area contributed by atoms with Crippen molar-refractivity contribution < 1.29 is 14.3 Å². The van der Waals surface area contributed by atoms with Gasteiger partial charge in [-0.3, -0.25) is 9.59 Å². The fraction of sp³-hybridized carbons (Fsp3) is 0.611. The van der Waals surface area contributed by atoms with E-state index < -0.39 is 0 Å². The summed E-state index contributed by atoms with van der Waals surface area (Å²) in [5, 5.41) is 0. The monoisotopic (exact) mass is 346 g/mol. The minimum absolute atomic E-state index is 0.0165. The number of rotatable bonds is 4. The molecule has 3 heterocycles. The number of carbonyl (C=O) groups excluding carboxylic acids is 2. The third-order valence-corrected chi connectivity index (χ3v) is 4.91. The van der Waals surface area contributed by atoms with Crippen LogP contribution >= 0.6 is 0 Å². The molecule has 2 amide bonds. The average molecular weight is 346 g/mol. The Morgan fingerprint density at radius 1 is 1.20 bits per heavy atom. The van der Waals surface area contributed by atoms with Gasteiger partial charge >= 0.3 is 0 Å². The van der Waals surface area contributed by atoms with Gasteiger partial charge in [-0.15, -0.1) is 0 Å². The normalized spacial score (nSPS) is 23.0. The number of ether oxygens (including phenoxy) is 1. The first-order valence-corrected chi connectivity index (χ1v) is 8.79. The van der Waals surface area contributed by atoms with Crippen molar-refractivity contribution in [2.24, 2.45) is 5.92 Å². The second-order valence-corrected chi connectivity index (χ2v) is 6.98. The molecule has 0 spiro atoms. The summed E-state index contributed by atoms with van der Waals surface area (Å²) in [7, 11) is 3.86. The van der Waals surface area contributed by atoms with Crippen molar-refractivity contribution in [1.29, 1.82) is 0 Å². The Kier molecular flexibility index (Phi) is 5.11. The molecule has 136 valence electrons. The maximum atomic E-state index is 12.7. The minimum Gasteiger partial charge on any atom is -0.485 e. The van der Waals surface area contributed by atoms with Gasteiger partial charge in [0.05, 0.1) is 12.5 Å². The van der Waals surface area contributed by atoms with Gasteiger partial charge < -0.3 is 19.4 Å². The van der Waals surface area contributed by atoms with Crippen molar-refractivity contribution in [1.82, 2.24) is 14.8 Å². The van der Waals surface area contributed by atoms with Crippen molar-refractivity contribution in [3.63, 3.8) is 0 Å². The van der Waals surface area contributed by atoms with Gasteiger partial charge in [0.2, 0.25) is 11.8 Å². The predicted molar refractivity (Wildman–Crippen MR) is 94.5 cm³/mol. The molecule has 1 aromatic rings. The molecule has 0 aliphatic carbocycles. The maximum Gasteiger partial charge on any atom is 0.227 e. The van der Waals surface area contributed by atoms with Crippen LogP contribution in [0.25, 0.3) is 0 Å². The third kappa shape index (κ3) is 3.86. The summed E-state index contributed by atoms with van der Waals surface area (Å²) in [4.78, 5) is 34.0. The standard InChI is InChI=1S/C18H26N4O3/c1-13(23)21-9-6-14(11-21)18(24)22-10-7-15(12-22)25-16-5-4-8-19-17(16)20(2)3/h4-5,8,14-15H,6-7,9-12H2,1-3H3/t14-,15+/m0/s1. The van der Waals surface area contributed by atoms with Crippen LogP contribution in [0.2, 0.25) is 0 Å². The van der Waals surface area contributed by atoms with Gasteiger partial charge in [-0.2, -0.15) is 0 Å². The van der Waals surface area contributed by atoms with E-state index in [0.29, 0.717) is 26.2 Å². The van der Waals surface area contributed by atoms with E-state index in [2.05, 4.69) is 4.98 Å². The van der Waals surface area contributed by atoms with Crippen LogP contribution in [-0.2, 0) is 9.59 Å². The van der Waals surface area contributed by atoms with Crippen LogP contribution in [-0.4, -0.2) is 73.0 Å². The fourth-order valence-electron chi connectivity index (χ4n) is 3.52. The highest BCUT2D eigenvalue weighted by molar-refractivity contribution is 5.81. The fourth-order valence-corrected chi connectivity index (χ4v) is 3.52. The van der Waals surface area contributed by atoms with Crippen LogP contribution in [0, 0.1) is 5.92 Å². The molecular formula is C18H26N4O3. The number of anilines is 1. The first-order valence-electron chi connectivity index (χ1n) is 8.79. The molecule has 7 nitrogen and oxygen atoms in total. The lowest BCUT2D eigenvalue weighted by Gasteiger charge is -2.22. The zero-order valence-corrected chi connectivity index (χ0v) is 15.1. The van der Waals surface area contributed by atoms with E-state index in [-0.39, 0.29) is 23.8 Å². The summed E-state index contributed by atoms with van der Waals surface area (Å²) in [6.07, 6.45) is 3.30. The van der Waals surface area contributed by atoms with Gasteiger partial charge in [-0.05, 0) is 18.6 Å². The van der Waals surface area contributed by atoms with Crippen LogP contribution in [0.4, 0.5) is 5.82 Å². The molecule has 0 unspecified atom stereocenters. The van der Waals surface area contributed by atoms with Crippen LogP contribution in [0.3, 0.4) is 0 Å². The van der Waals surface area contributed by atoms with Crippen molar-refractivity contribution in [2.75, 3.05) is 45.2 Å². The van der Waals surface area contributed by atoms with Gasteiger partial charge in [-0.25, -0.2) is 4.98 Å². The van der Waals surface area contributed by atoms with E-state index in [4.69, 9.17) is 4.74 Å². The number of nitrogens with zero attached hydrogens (tertiary/aromatic N) is 4. The van der Waals surface area contributed by atoms with E-state index >= 15 is 0 Å². The van der Waals surface area contributed by atoms with Crippen molar-refractivity contribution >= 4 is 17.6 Å². The summed E-state index contributed by atoms with van der Waals surface area (Å²) >= 11 is 0. The highest BCUT2D eigenvalue weighted by atomic mass is 16.5. The Balaban J connectivity index is 1.57. The Morgan fingerprint density at radius 2 is 1.96 bits per heavy atom. The molecule has 25 heavy (non-hydrogen) atoms. The first kappa shape index (κ1) is 17.5. The lowest BCUT2D eigenvalue weighted by atomic mass is 10.1. The molecule has 7 heteroatoms. The van der Waals surface area contributed by atoms with E-state index in [1.807, 2.05) is 36.0 Å². The lowest BCUT2D eigenvalue weighted by molar-refractivity contribution is -0.134. The zero-order chi connectivity index (χ0) is 18.0. The van der Waals surface area contributed by atoms with Crippen molar-refractivity contribution in [3.05, 3.63) is 18.3 Å². The second kappa shape index (κ2) is 7.29. The molecule has 0 saturated carbocycles. The lowest BCUT2D eigenvalue weighted by Crippen LogP contribution is -2.37. The molecule has 0 aromatic carbocycles. The highest BCUT2D eigenvalue weighted by Gasteiger charge is 2.36. The summed E-state index contributed by atoms with van der Waals surface area (Å²) in [6.45, 7) is 4.09. The quantitative estimate of drug-likeness (QED) is 0.814. The second-order valence-electron chi connectivity index (χ2n) is 6.98. The Hall–Kier alpha value is -2.31. The van der Waals surface area contributed by atoms with Gasteiger partial charge in [0.15, 0.2) is 11.6 Å². The molecule has 2 saturated heterocycles. The van der Waals surface area contributed by atoms with E-state index in [0.717, 1.165) is 24.4 Å². The van der Waals surface area contributed by atoms with Crippen molar-refractivity contribution in [3.8, 4) is 5.75 Å². The molecule has 2 atom stereocenters. The molecule has 3 rings (SSSR count). The molecule has 2 fully saturated rings. The first-order chi connectivity index (χ1) is 12.0. The van der Waals surface area contributed by atoms with Gasteiger partial charge in [0.1, 0.15) is 6.10 Å². The molecule has 2 aliphatic heterocycles. The zero-order valence-electron chi connectivity index (χ0n) is 15.1. The number of hydrogen-bond acceptors (Lipinski definition) is 5. The SMILES string of the molecule is CC(=O)N1CC[C@H](C(=O)N2CC[C@@H](Oc3cccnc3N(C)C)C2)C1. The molecule has 0 bridgehead atoms. The summed E-state index contributed by atoms with van der Waals surface area (Å²) in [6, 6.07) is 3.77. The Morgan fingerprint density at radius 3 is 2.64 bits per heavy atom. The minimum atomic E-state index is -0.0709. The number of hydrogen-bond donors (Lipinski definition) is 0. The van der Waals surface area contributed by atoms with Crippen molar-refractivity contribution in [2.45, 2.75) is 25.9 Å². The van der Waals surface area contributed by atoms with E-state index in [9.17, 15) is 9.59 Å². The number of pyridine rings is 1. The highest BCUT2D eigenvalue weighted by Crippen LogP contribution is 2.28. The summed E-state index contributed by atoms with van der Waals surface area (Å²) in [5.41, 5.74) is 0. The number of amides is 2. The summed E-state index contributed by atoms with van der Waals surface area (Å²) in [5.74, 6) is 1.66. The van der Waals surface area contributed by atoms with E-state index in [1.165, 1.54) is 0 Å². The Labute approximate surface area is 148 Å². The predicted octanol–water partition coefficient (Wildman–Crippen LogP) is 0.996. The molecule has 2 aliphatic rings. The molecule has 1 aromatic heterocycles. The van der Waals surface area contributed by atoms with Gasteiger partial charge in [-0.1, -0.05) is 0 Å². The van der Waals surface area contributed by atoms with Gasteiger partial charge in [0, 0.05) is 53.3 Å².